The van der Waals surface area contributed by atoms with Crippen molar-refractivity contribution in [3.05, 3.63) is 58.3 Å². The quantitative estimate of drug-likeness (QED) is 0.644. The predicted octanol–water partition coefficient (Wildman–Crippen LogP) is 1.82. The molecule has 96 valence electrons. The third-order valence-corrected chi connectivity index (χ3v) is 2.38. The van der Waals surface area contributed by atoms with Crippen molar-refractivity contribution in [3.63, 3.8) is 0 Å². The molecule has 1 aromatic heterocycles. The second kappa shape index (κ2) is 5.13. The lowest BCUT2D eigenvalue weighted by Crippen LogP contribution is -2.14. The van der Waals surface area contributed by atoms with Crippen LogP contribution in [0.25, 0.3) is 0 Å². The van der Waals surface area contributed by atoms with Crippen molar-refractivity contribution in [2.45, 2.75) is 0 Å². The van der Waals surface area contributed by atoms with E-state index in [0.717, 1.165) is 6.20 Å². The first kappa shape index (κ1) is 12.5. The van der Waals surface area contributed by atoms with E-state index in [2.05, 4.69) is 10.3 Å². The van der Waals surface area contributed by atoms with E-state index in [1.54, 1.807) is 30.3 Å². The summed E-state index contributed by atoms with van der Waals surface area (Å²) in [6.07, 6.45) is 0.967. The van der Waals surface area contributed by atoms with Crippen LogP contribution in [0.15, 0.2) is 42.6 Å². The van der Waals surface area contributed by atoms with Gasteiger partial charge in [0.1, 0.15) is 17.6 Å². The molecule has 0 saturated heterocycles. The summed E-state index contributed by atoms with van der Waals surface area (Å²) in [4.78, 5) is 25.8. The molecule has 7 heteroatoms. The predicted molar refractivity (Wildman–Crippen MR) is 69.7 cm³/mol. The van der Waals surface area contributed by atoms with Gasteiger partial charge >= 0.3 is 0 Å². The fourth-order valence-corrected chi connectivity index (χ4v) is 1.51. The van der Waals surface area contributed by atoms with Crippen molar-refractivity contribution in [1.29, 1.82) is 0 Å². The summed E-state index contributed by atoms with van der Waals surface area (Å²) in [6.45, 7) is 0. The molecule has 3 N–H and O–H groups in total. The molecule has 0 aliphatic carbocycles. The topological polar surface area (TPSA) is 111 Å². The smallest absolute Gasteiger partial charge is 0.300 e. The maximum absolute atomic E-state index is 12.0. The summed E-state index contributed by atoms with van der Waals surface area (Å²) in [6, 6.07) is 9.80. The van der Waals surface area contributed by atoms with E-state index in [1.165, 1.54) is 6.07 Å². The van der Waals surface area contributed by atoms with Crippen LogP contribution in [-0.2, 0) is 0 Å². The molecule has 0 unspecified atom stereocenters. The summed E-state index contributed by atoms with van der Waals surface area (Å²) >= 11 is 0. The van der Waals surface area contributed by atoms with Gasteiger partial charge in [-0.25, -0.2) is 4.98 Å². The van der Waals surface area contributed by atoms with E-state index < -0.39 is 10.8 Å². The number of para-hydroxylation sites is 1. The van der Waals surface area contributed by atoms with Gasteiger partial charge in [-0.1, -0.05) is 18.2 Å². The number of hydrogen-bond donors (Lipinski definition) is 2. The number of pyridine rings is 1. The maximum atomic E-state index is 12.0. The zero-order valence-electron chi connectivity index (χ0n) is 9.74. The number of benzene rings is 1. The molecule has 7 nitrogen and oxygen atoms in total. The maximum Gasteiger partial charge on any atom is 0.300 e. The van der Waals surface area contributed by atoms with Crippen molar-refractivity contribution in [3.8, 4) is 0 Å². The highest BCUT2D eigenvalue weighted by atomic mass is 16.6. The Morgan fingerprint density at radius 2 is 2.00 bits per heavy atom. The van der Waals surface area contributed by atoms with E-state index in [1.807, 2.05) is 0 Å². The average Bonchev–Trinajstić information content (AvgIpc) is 2.39. The van der Waals surface area contributed by atoms with Gasteiger partial charge < -0.3 is 11.1 Å². The van der Waals surface area contributed by atoms with Crippen LogP contribution in [0.4, 0.5) is 17.2 Å². The number of nitrogens with one attached hydrogen (secondary N) is 1. The number of nitrogens with two attached hydrogens (primary N) is 1. The fraction of sp³-hybridized carbons (Fsp3) is 0. The van der Waals surface area contributed by atoms with Crippen LogP contribution < -0.4 is 11.1 Å². The number of nitrogens with zero attached hydrogens (tertiary/aromatic N) is 2. The minimum Gasteiger partial charge on any atom is -0.384 e. The van der Waals surface area contributed by atoms with Crippen LogP contribution in [0, 0.1) is 10.1 Å². The van der Waals surface area contributed by atoms with Crippen LogP contribution in [0.1, 0.15) is 10.4 Å². The fourth-order valence-electron chi connectivity index (χ4n) is 1.51. The third-order valence-electron chi connectivity index (χ3n) is 2.38. The lowest BCUT2D eigenvalue weighted by Gasteiger charge is -2.05. The largest absolute Gasteiger partial charge is 0.384 e. The van der Waals surface area contributed by atoms with Crippen molar-refractivity contribution in [2.75, 3.05) is 11.1 Å². The minimum atomic E-state index is -0.674. The van der Waals surface area contributed by atoms with Crippen LogP contribution in [0.5, 0.6) is 0 Å². The van der Waals surface area contributed by atoms with Gasteiger partial charge in [0, 0.05) is 5.69 Å². The van der Waals surface area contributed by atoms with Gasteiger partial charge in [-0.05, 0) is 18.2 Å². The average molecular weight is 258 g/mol. The first-order valence-electron chi connectivity index (χ1n) is 5.34. The Morgan fingerprint density at radius 1 is 1.32 bits per heavy atom. The Hall–Kier alpha value is -2.96. The van der Waals surface area contributed by atoms with Crippen molar-refractivity contribution >= 4 is 23.1 Å². The zero-order chi connectivity index (χ0) is 13.8. The highest BCUT2D eigenvalue weighted by Gasteiger charge is 2.21. The molecule has 2 rings (SSSR count). The summed E-state index contributed by atoms with van der Waals surface area (Å²) in [5.41, 5.74) is 5.47. The minimum absolute atomic E-state index is 0.0452. The number of anilines is 2. The molecule has 0 bridgehead atoms. The molecule has 0 aliphatic heterocycles. The number of hydrogen-bond acceptors (Lipinski definition) is 5. The Labute approximate surface area is 108 Å². The summed E-state index contributed by atoms with van der Waals surface area (Å²) in [5, 5.41) is 13.4. The second-order valence-corrected chi connectivity index (χ2v) is 3.70. The molecule has 1 heterocycles. The van der Waals surface area contributed by atoms with E-state index in [0.29, 0.717) is 5.69 Å². The summed E-state index contributed by atoms with van der Waals surface area (Å²) in [5.74, 6) is -0.559. The highest BCUT2D eigenvalue weighted by Crippen LogP contribution is 2.20. The van der Waals surface area contributed by atoms with E-state index in [4.69, 9.17) is 5.73 Å². The number of carbonyl (C=O) groups excluding carboxylic acids is 1. The molecule has 0 aliphatic rings. The van der Waals surface area contributed by atoms with Gasteiger partial charge in [-0.3, -0.25) is 14.9 Å². The van der Waals surface area contributed by atoms with Crippen LogP contribution in [-0.4, -0.2) is 15.8 Å². The van der Waals surface area contributed by atoms with Crippen LogP contribution >= 0.6 is 0 Å². The monoisotopic (exact) mass is 258 g/mol. The Morgan fingerprint density at radius 3 is 2.63 bits per heavy atom. The van der Waals surface area contributed by atoms with E-state index >= 15 is 0 Å². The lowest BCUT2D eigenvalue weighted by molar-refractivity contribution is -0.385. The third kappa shape index (κ3) is 2.83. The van der Waals surface area contributed by atoms with E-state index in [9.17, 15) is 14.9 Å². The zero-order valence-corrected chi connectivity index (χ0v) is 9.74. The van der Waals surface area contributed by atoms with Crippen LogP contribution in [0.3, 0.4) is 0 Å². The van der Waals surface area contributed by atoms with Crippen molar-refractivity contribution in [1.82, 2.24) is 4.98 Å². The van der Waals surface area contributed by atoms with Crippen LogP contribution in [0.2, 0.25) is 0 Å². The molecule has 1 amide bonds. The normalized spacial score (nSPS) is 9.89. The highest BCUT2D eigenvalue weighted by molar-refractivity contribution is 6.07. The molecular weight excluding hydrogens is 248 g/mol. The van der Waals surface area contributed by atoms with Gasteiger partial charge in [0.15, 0.2) is 0 Å². The van der Waals surface area contributed by atoms with Gasteiger partial charge in [-0.2, -0.15) is 0 Å². The number of nitro groups is 1. The Kier molecular flexibility index (Phi) is 3.37. The molecule has 0 atom stereocenters. The standard InChI is InChI=1S/C12H10N4O3/c13-11-6-9(10(7-14-11)16(18)19)12(17)15-8-4-2-1-3-5-8/h1-7H,(H2,13,14)(H,15,17). The number of rotatable bonds is 3. The van der Waals surface area contributed by atoms with Crippen molar-refractivity contribution < 1.29 is 9.72 Å². The second-order valence-electron chi connectivity index (χ2n) is 3.70. The molecule has 1 aromatic carbocycles. The number of nitrogen functional groups attached to an aromatic ring is 1. The van der Waals surface area contributed by atoms with Gasteiger partial charge in [0.25, 0.3) is 11.6 Å². The molecule has 0 radical (unpaired) electrons. The lowest BCUT2D eigenvalue weighted by atomic mass is 10.2. The molecule has 0 spiro atoms. The van der Waals surface area contributed by atoms with Gasteiger partial charge in [-0.15, -0.1) is 0 Å². The SMILES string of the molecule is Nc1cc(C(=O)Nc2ccccc2)c([N+](=O)[O-])cn1. The first-order valence-corrected chi connectivity index (χ1v) is 5.34. The Bertz CT molecular complexity index is 628. The van der Waals surface area contributed by atoms with Crippen molar-refractivity contribution in [2.24, 2.45) is 0 Å². The summed E-state index contributed by atoms with van der Waals surface area (Å²) in [7, 11) is 0. The molecular formula is C12H10N4O3. The molecule has 0 fully saturated rings. The molecule has 19 heavy (non-hydrogen) atoms. The van der Waals surface area contributed by atoms with Gasteiger partial charge in [0.05, 0.1) is 4.92 Å². The molecule has 0 saturated carbocycles. The first-order chi connectivity index (χ1) is 9.08. The Balaban J connectivity index is 2.33. The van der Waals surface area contributed by atoms with E-state index in [-0.39, 0.29) is 17.1 Å². The summed E-state index contributed by atoms with van der Waals surface area (Å²) < 4.78 is 0. The van der Waals surface area contributed by atoms with Gasteiger partial charge in [0.2, 0.25) is 0 Å². The number of aromatic nitrogens is 1. The number of carbonyl (C=O) groups is 1. The molecule has 2 aromatic rings. The number of amides is 1.